The highest BCUT2D eigenvalue weighted by atomic mass is 16.6. The van der Waals surface area contributed by atoms with Crippen LogP contribution in [-0.4, -0.2) is 74.1 Å². The van der Waals surface area contributed by atoms with Crippen LogP contribution in [0.3, 0.4) is 0 Å². The Bertz CT molecular complexity index is 1480. The van der Waals surface area contributed by atoms with Gasteiger partial charge in [0.05, 0.1) is 24.5 Å². The van der Waals surface area contributed by atoms with Crippen LogP contribution in [0.25, 0.3) is 5.82 Å². The molecule has 0 unspecified atom stereocenters. The number of carbonyl (C=O) groups is 2. The fourth-order valence-electron chi connectivity index (χ4n) is 3.86. The minimum absolute atomic E-state index is 0.0420. The van der Waals surface area contributed by atoms with E-state index in [9.17, 15) is 9.59 Å². The lowest BCUT2D eigenvalue weighted by Gasteiger charge is -2.25. The van der Waals surface area contributed by atoms with Gasteiger partial charge in [-0.3, -0.25) is 9.69 Å². The molecule has 1 aliphatic rings. The number of nitrogens with two attached hydrogens (primary N) is 1. The predicted octanol–water partition coefficient (Wildman–Crippen LogP) is 1.44. The van der Waals surface area contributed by atoms with Crippen molar-refractivity contribution >= 4 is 23.4 Å². The molecule has 0 aliphatic carbocycles. The van der Waals surface area contributed by atoms with Crippen molar-refractivity contribution < 1.29 is 23.7 Å². The summed E-state index contributed by atoms with van der Waals surface area (Å²) in [6, 6.07) is 15.5. The van der Waals surface area contributed by atoms with Crippen molar-refractivity contribution in [1.29, 1.82) is 0 Å². The predicted molar refractivity (Wildman–Crippen MR) is 137 cm³/mol. The van der Waals surface area contributed by atoms with Gasteiger partial charge in [-0.05, 0) is 59.2 Å². The van der Waals surface area contributed by atoms with Crippen molar-refractivity contribution in [2.45, 2.75) is 13.5 Å². The lowest BCUT2D eigenvalue weighted by atomic mass is 10.1. The maximum Gasteiger partial charge on any atom is 0.343 e. The van der Waals surface area contributed by atoms with E-state index in [1.54, 1.807) is 55.5 Å². The van der Waals surface area contributed by atoms with E-state index in [0.717, 1.165) is 0 Å². The third kappa shape index (κ3) is 5.97. The van der Waals surface area contributed by atoms with Crippen molar-refractivity contribution in [3.8, 4) is 11.6 Å². The van der Waals surface area contributed by atoms with Gasteiger partial charge in [0.15, 0.2) is 5.69 Å². The molecule has 14 heteroatoms. The molecule has 200 valence electrons. The average Bonchev–Trinajstić information content (AvgIpc) is 3.58. The van der Waals surface area contributed by atoms with Crippen LogP contribution in [0.1, 0.15) is 39.0 Å². The van der Waals surface area contributed by atoms with Gasteiger partial charge >= 0.3 is 5.97 Å². The molecular formula is C25H25N9O5. The number of hydrogen-bond donors (Lipinski definition) is 2. The summed E-state index contributed by atoms with van der Waals surface area (Å²) in [6.45, 7) is 4.65. The highest BCUT2D eigenvalue weighted by Crippen LogP contribution is 2.18. The number of nitrogen functional groups attached to an aromatic ring is 1. The SMILES string of the molecule is CC(=NNC(=O)c1c(CN2CCOCC2)nnn1-c1nonc1N)c1ccc(OC(=O)c2ccccc2)cc1. The van der Waals surface area contributed by atoms with E-state index in [1.807, 2.05) is 6.07 Å². The molecule has 1 aliphatic heterocycles. The van der Waals surface area contributed by atoms with E-state index < -0.39 is 11.9 Å². The molecule has 0 atom stereocenters. The molecule has 0 spiro atoms. The third-order valence-electron chi connectivity index (χ3n) is 5.95. The number of anilines is 1. The van der Waals surface area contributed by atoms with Crippen LogP contribution < -0.4 is 15.9 Å². The fraction of sp³-hybridized carbons (Fsp3) is 0.240. The van der Waals surface area contributed by atoms with Crippen molar-refractivity contribution in [3.05, 3.63) is 77.1 Å². The second-order valence-electron chi connectivity index (χ2n) is 8.58. The second-order valence-corrected chi connectivity index (χ2v) is 8.58. The lowest BCUT2D eigenvalue weighted by molar-refractivity contribution is 0.0335. The summed E-state index contributed by atoms with van der Waals surface area (Å²) in [6.07, 6.45) is 0. The Kier molecular flexibility index (Phi) is 7.65. The Hall–Kier alpha value is -4.95. The Balaban J connectivity index is 1.31. The number of nitrogens with zero attached hydrogens (tertiary/aromatic N) is 7. The Morgan fingerprint density at radius 1 is 1.05 bits per heavy atom. The van der Waals surface area contributed by atoms with Gasteiger partial charge in [-0.2, -0.15) is 9.78 Å². The Morgan fingerprint density at radius 2 is 1.79 bits per heavy atom. The maximum atomic E-state index is 13.3. The summed E-state index contributed by atoms with van der Waals surface area (Å²) < 4.78 is 16.7. The number of hydrogen-bond acceptors (Lipinski definition) is 12. The number of hydrazone groups is 1. The summed E-state index contributed by atoms with van der Waals surface area (Å²) in [4.78, 5) is 27.7. The maximum absolute atomic E-state index is 13.3. The van der Waals surface area contributed by atoms with Gasteiger partial charge in [-0.25, -0.2) is 14.8 Å². The van der Waals surface area contributed by atoms with Crippen molar-refractivity contribution in [3.63, 3.8) is 0 Å². The zero-order valence-electron chi connectivity index (χ0n) is 21.0. The van der Waals surface area contributed by atoms with Crippen LogP contribution in [0.4, 0.5) is 5.82 Å². The van der Waals surface area contributed by atoms with Crippen LogP contribution in [-0.2, 0) is 11.3 Å². The molecule has 3 heterocycles. The van der Waals surface area contributed by atoms with Crippen LogP contribution in [0.15, 0.2) is 64.3 Å². The number of ether oxygens (including phenoxy) is 2. The number of amides is 1. The van der Waals surface area contributed by atoms with E-state index in [-0.39, 0.29) is 17.3 Å². The Morgan fingerprint density at radius 3 is 2.49 bits per heavy atom. The third-order valence-corrected chi connectivity index (χ3v) is 5.95. The molecule has 1 amide bonds. The number of carbonyl (C=O) groups excluding carboxylic acids is 2. The molecular weight excluding hydrogens is 506 g/mol. The van der Waals surface area contributed by atoms with Gasteiger partial charge in [0.2, 0.25) is 11.6 Å². The molecule has 0 bridgehead atoms. The molecule has 39 heavy (non-hydrogen) atoms. The van der Waals surface area contributed by atoms with Crippen molar-refractivity contribution in [1.82, 2.24) is 35.6 Å². The lowest BCUT2D eigenvalue weighted by Crippen LogP contribution is -2.36. The van der Waals surface area contributed by atoms with E-state index in [1.165, 1.54) is 4.68 Å². The van der Waals surface area contributed by atoms with E-state index in [2.05, 4.69) is 40.7 Å². The number of rotatable bonds is 8. The van der Waals surface area contributed by atoms with E-state index >= 15 is 0 Å². The van der Waals surface area contributed by atoms with Crippen LogP contribution >= 0.6 is 0 Å². The summed E-state index contributed by atoms with van der Waals surface area (Å²) in [5.74, 6) is -0.645. The number of benzene rings is 2. The first-order chi connectivity index (χ1) is 19.0. The number of aromatic nitrogens is 5. The van der Waals surface area contributed by atoms with Crippen LogP contribution in [0, 0.1) is 0 Å². The smallest absolute Gasteiger partial charge is 0.343 e. The number of esters is 1. The van der Waals surface area contributed by atoms with Gasteiger partial charge in [0, 0.05) is 19.6 Å². The Labute approximate surface area is 222 Å². The van der Waals surface area contributed by atoms with Crippen molar-refractivity contribution in [2.24, 2.45) is 5.10 Å². The average molecular weight is 532 g/mol. The zero-order valence-corrected chi connectivity index (χ0v) is 21.0. The van der Waals surface area contributed by atoms with E-state index in [0.29, 0.717) is 61.1 Å². The van der Waals surface area contributed by atoms with E-state index in [4.69, 9.17) is 15.2 Å². The van der Waals surface area contributed by atoms with Gasteiger partial charge in [-0.15, -0.1) is 5.10 Å². The normalized spacial score (nSPS) is 14.2. The minimum Gasteiger partial charge on any atom is -0.423 e. The quantitative estimate of drug-likeness (QED) is 0.146. The van der Waals surface area contributed by atoms with Crippen molar-refractivity contribution in [2.75, 3.05) is 32.0 Å². The summed E-state index contributed by atoms with van der Waals surface area (Å²) in [7, 11) is 0. The molecule has 5 rings (SSSR count). The molecule has 2 aromatic heterocycles. The highest BCUT2D eigenvalue weighted by Gasteiger charge is 2.26. The topological polar surface area (TPSA) is 176 Å². The highest BCUT2D eigenvalue weighted by molar-refractivity contribution is 6.01. The first kappa shape index (κ1) is 25.7. The van der Waals surface area contributed by atoms with Gasteiger partial charge in [0.25, 0.3) is 5.91 Å². The summed E-state index contributed by atoms with van der Waals surface area (Å²) in [5, 5.41) is 19.8. The first-order valence-corrected chi connectivity index (χ1v) is 12.0. The molecule has 0 radical (unpaired) electrons. The number of morpholine rings is 1. The number of nitrogens with one attached hydrogen (secondary N) is 1. The van der Waals surface area contributed by atoms with Gasteiger partial charge in [-0.1, -0.05) is 23.4 Å². The van der Waals surface area contributed by atoms with Crippen LogP contribution in [0.2, 0.25) is 0 Å². The van der Waals surface area contributed by atoms with Crippen LogP contribution in [0.5, 0.6) is 5.75 Å². The van der Waals surface area contributed by atoms with Gasteiger partial charge in [0.1, 0.15) is 11.4 Å². The monoisotopic (exact) mass is 531 g/mol. The molecule has 3 N–H and O–H groups in total. The molecule has 2 aromatic carbocycles. The largest absolute Gasteiger partial charge is 0.423 e. The standard InChI is InChI=1S/C25H25N9O5/c1-16(17-7-9-19(10-8-17)38-25(36)18-5-3-2-4-6-18)27-29-24(35)21-20(15-33-11-13-37-14-12-33)28-32-34(21)23-22(26)30-39-31-23/h2-10H,11-15H2,1H3,(H2,26,30)(H,29,35). The minimum atomic E-state index is -0.571. The summed E-state index contributed by atoms with van der Waals surface area (Å²) >= 11 is 0. The molecule has 0 saturated carbocycles. The fourth-order valence-corrected chi connectivity index (χ4v) is 3.86. The molecule has 1 saturated heterocycles. The molecule has 1 fully saturated rings. The molecule has 4 aromatic rings. The molecule has 14 nitrogen and oxygen atoms in total. The second kappa shape index (κ2) is 11.6. The zero-order chi connectivity index (χ0) is 27.2. The van der Waals surface area contributed by atoms with Gasteiger partial charge < -0.3 is 15.2 Å². The first-order valence-electron chi connectivity index (χ1n) is 12.0. The summed E-state index contributed by atoms with van der Waals surface area (Å²) in [5.41, 5.74) is 10.6.